The Balaban J connectivity index is 1.73. The highest BCUT2D eigenvalue weighted by molar-refractivity contribution is 7.92. The number of hydroxylamine groups is 1. The van der Waals surface area contributed by atoms with E-state index in [0.29, 0.717) is 17.2 Å². The zero-order valence-electron chi connectivity index (χ0n) is 17.3. The number of anilines is 1. The Bertz CT molecular complexity index is 1010. The van der Waals surface area contributed by atoms with Gasteiger partial charge in [0.05, 0.1) is 6.26 Å². The Morgan fingerprint density at radius 2 is 1.58 bits per heavy atom. The first kappa shape index (κ1) is 22.8. The number of benzene rings is 2. The molecule has 0 bridgehead atoms. The molecule has 1 aliphatic rings. The van der Waals surface area contributed by atoms with Crippen molar-refractivity contribution in [3.8, 4) is 0 Å². The molecule has 0 saturated heterocycles. The van der Waals surface area contributed by atoms with Crippen molar-refractivity contribution in [1.82, 2.24) is 10.8 Å². The van der Waals surface area contributed by atoms with Crippen LogP contribution >= 0.6 is 0 Å². The van der Waals surface area contributed by atoms with Gasteiger partial charge in [0, 0.05) is 11.3 Å². The molecule has 0 aromatic heterocycles. The normalized spacial score (nSPS) is 15.7. The lowest BCUT2D eigenvalue weighted by molar-refractivity contribution is -0.131. The molecule has 1 aliphatic carbocycles. The second-order valence-electron chi connectivity index (χ2n) is 7.84. The molecule has 1 unspecified atom stereocenters. The highest BCUT2D eigenvalue weighted by Gasteiger charge is 2.24. The van der Waals surface area contributed by atoms with Crippen molar-refractivity contribution < 1.29 is 23.2 Å². The molecule has 1 atom stereocenters. The standard InChI is InChI=1S/C22H27N3O5S/c1-31(29,30)25-19-13-11-18(12-14-19)21(26)23-20(22(27)24-28)17-9-7-16(8-10-17)15-5-3-2-4-6-15/h7-15,20,25,28H,2-6H2,1H3,(H,23,26)(H,24,27). The van der Waals surface area contributed by atoms with E-state index in [1.54, 1.807) is 17.6 Å². The van der Waals surface area contributed by atoms with Crippen LogP contribution in [0.15, 0.2) is 48.5 Å². The first-order valence-corrected chi connectivity index (χ1v) is 12.1. The van der Waals surface area contributed by atoms with Crippen LogP contribution in [-0.4, -0.2) is 31.7 Å². The van der Waals surface area contributed by atoms with Crippen LogP contribution in [0.2, 0.25) is 0 Å². The third-order valence-corrected chi connectivity index (χ3v) is 6.05. The highest BCUT2D eigenvalue weighted by atomic mass is 32.2. The largest absolute Gasteiger partial charge is 0.336 e. The van der Waals surface area contributed by atoms with Gasteiger partial charge in [-0.1, -0.05) is 43.5 Å². The molecule has 9 heteroatoms. The molecule has 0 radical (unpaired) electrons. The maximum absolute atomic E-state index is 12.6. The van der Waals surface area contributed by atoms with Crippen molar-refractivity contribution in [3.05, 3.63) is 65.2 Å². The van der Waals surface area contributed by atoms with Gasteiger partial charge in [-0.05, 0) is 54.2 Å². The number of amides is 2. The van der Waals surface area contributed by atoms with E-state index >= 15 is 0 Å². The lowest BCUT2D eigenvalue weighted by Crippen LogP contribution is -2.39. The summed E-state index contributed by atoms with van der Waals surface area (Å²) in [6, 6.07) is 12.3. The maximum atomic E-state index is 12.6. The Hall–Kier alpha value is -2.91. The molecule has 0 spiro atoms. The number of hydrogen-bond donors (Lipinski definition) is 4. The van der Waals surface area contributed by atoms with E-state index in [9.17, 15) is 18.0 Å². The zero-order chi connectivity index (χ0) is 22.4. The van der Waals surface area contributed by atoms with E-state index in [4.69, 9.17) is 5.21 Å². The predicted octanol–water partition coefficient (Wildman–Crippen LogP) is 3.08. The minimum atomic E-state index is -3.42. The fourth-order valence-electron chi connectivity index (χ4n) is 3.88. The molecule has 1 fully saturated rings. The van der Waals surface area contributed by atoms with Gasteiger partial charge in [0.15, 0.2) is 0 Å². The van der Waals surface area contributed by atoms with Crippen molar-refractivity contribution in [2.75, 3.05) is 11.0 Å². The fourth-order valence-corrected chi connectivity index (χ4v) is 4.44. The maximum Gasteiger partial charge on any atom is 0.270 e. The molecular formula is C22H27N3O5S. The van der Waals surface area contributed by atoms with E-state index < -0.39 is 27.9 Å². The monoisotopic (exact) mass is 445 g/mol. The molecular weight excluding hydrogens is 418 g/mol. The van der Waals surface area contributed by atoms with Gasteiger partial charge in [-0.15, -0.1) is 0 Å². The number of rotatable bonds is 7. The third-order valence-electron chi connectivity index (χ3n) is 5.44. The van der Waals surface area contributed by atoms with E-state index in [2.05, 4.69) is 10.0 Å². The van der Waals surface area contributed by atoms with Crippen LogP contribution in [0.3, 0.4) is 0 Å². The lowest BCUT2D eigenvalue weighted by Gasteiger charge is -2.23. The second kappa shape index (κ2) is 9.93. The summed E-state index contributed by atoms with van der Waals surface area (Å²) in [4.78, 5) is 24.9. The molecule has 2 aromatic carbocycles. The van der Waals surface area contributed by atoms with Crippen molar-refractivity contribution >= 4 is 27.5 Å². The molecule has 2 amide bonds. The van der Waals surface area contributed by atoms with Crippen LogP contribution in [0.5, 0.6) is 0 Å². The topological polar surface area (TPSA) is 125 Å². The SMILES string of the molecule is CS(=O)(=O)Nc1ccc(C(=O)NC(C(=O)NO)c2ccc(C3CCCCC3)cc2)cc1. The number of hydrogen-bond acceptors (Lipinski definition) is 5. The van der Waals surface area contributed by atoms with Crippen molar-refractivity contribution in [3.63, 3.8) is 0 Å². The second-order valence-corrected chi connectivity index (χ2v) is 9.58. The third kappa shape index (κ3) is 6.28. The summed E-state index contributed by atoms with van der Waals surface area (Å²) >= 11 is 0. The molecule has 3 rings (SSSR count). The average Bonchev–Trinajstić information content (AvgIpc) is 2.77. The van der Waals surface area contributed by atoms with Crippen LogP contribution < -0.4 is 15.5 Å². The summed E-state index contributed by atoms with van der Waals surface area (Å²) in [5, 5.41) is 11.8. The molecule has 31 heavy (non-hydrogen) atoms. The summed E-state index contributed by atoms with van der Waals surface area (Å²) in [5.41, 5.74) is 3.93. The Kier molecular flexibility index (Phi) is 7.29. The van der Waals surface area contributed by atoms with Gasteiger partial charge in [0.1, 0.15) is 6.04 Å². The summed E-state index contributed by atoms with van der Waals surface area (Å²) in [6.07, 6.45) is 7.05. The quantitative estimate of drug-likeness (QED) is 0.385. The molecule has 0 heterocycles. The summed E-state index contributed by atoms with van der Waals surface area (Å²) in [6.45, 7) is 0. The number of carbonyl (C=O) groups is 2. The predicted molar refractivity (Wildman–Crippen MR) is 117 cm³/mol. The number of nitrogens with one attached hydrogen (secondary N) is 3. The molecule has 1 saturated carbocycles. The van der Waals surface area contributed by atoms with Crippen LogP contribution in [0.1, 0.15) is 65.5 Å². The Labute approximate surface area is 182 Å². The summed E-state index contributed by atoms with van der Waals surface area (Å²) in [5.74, 6) is -0.772. The van der Waals surface area contributed by atoms with Gasteiger partial charge in [-0.3, -0.25) is 19.5 Å². The van der Waals surface area contributed by atoms with E-state index in [0.717, 1.165) is 19.1 Å². The van der Waals surface area contributed by atoms with E-state index in [1.807, 2.05) is 12.1 Å². The van der Waals surface area contributed by atoms with Gasteiger partial charge in [0.25, 0.3) is 11.8 Å². The van der Waals surface area contributed by atoms with Crippen LogP contribution in [0.25, 0.3) is 0 Å². The van der Waals surface area contributed by atoms with Crippen LogP contribution in [-0.2, 0) is 14.8 Å². The number of sulfonamides is 1. The summed E-state index contributed by atoms with van der Waals surface area (Å²) < 4.78 is 24.9. The van der Waals surface area contributed by atoms with Gasteiger partial charge < -0.3 is 5.32 Å². The fraction of sp³-hybridized carbons (Fsp3) is 0.364. The van der Waals surface area contributed by atoms with Gasteiger partial charge in [-0.2, -0.15) is 0 Å². The van der Waals surface area contributed by atoms with E-state index in [-0.39, 0.29) is 5.56 Å². The van der Waals surface area contributed by atoms with Crippen molar-refractivity contribution in [1.29, 1.82) is 0 Å². The van der Waals surface area contributed by atoms with Crippen LogP contribution in [0.4, 0.5) is 5.69 Å². The Morgan fingerprint density at radius 3 is 2.13 bits per heavy atom. The Morgan fingerprint density at radius 1 is 0.968 bits per heavy atom. The van der Waals surface area contributed by atoms with Gasteiger partial charge in [-0.25, -0.2) is 13.9 Å². The molecule has 0 aliphatic heterocycles. The number of carbonyl (C=O) groups excluding carboxylic acids is 2. The smallest absolute Gasteiger partial charge is 0.270 e. The zero-order valence-corrected chi connectivity index (χ0v) is 18.1. The minimum absolute atomic E-state index is 0.244. The average molecular weight is 446 g/mol. The van der Waals surface area contributed by atoms with Gasteiger partial charge in [0.2, 0.25) is 10.0 Å². The molecule has 8 nitrogen and oxygen atoms in total. The molecule has 166 valence electrons. The lowest BCUT2D eigenvalue weighted by atomic mass is 9.83. The van der Waals surface area contributed by atoms with E-state index in [1.165, 1.54) is 49.1 Å². The molecule has 4 N–H and O–H groups in total. The van der Waals surface area contributed by atoms with Crippen molar-refractivity contribution in [2.24, 2.45) is 0 Å². The van der Waals surface area contributed by atoms with Gasteiger partial charge >= 0.3 is 0 Å². The highest BCUT2D eigenvalue weighted by Crippen LogP contribution is 2.33. The first-order valence-electron chi connectivity index (χ1n) is 10.2. The minimum Gasteiger partial charge on any atom is -0.336 e. The van der Waals surface area contributed by atoms with Crippen molar-refractivity contribution in [2.45, 2.75) is 44.1 Å². The molecule has 2 aromatic rings. The van der Waals surface area contributed by atoms with Crippen LogP contribution in [0, 0.1) is 0 Å². The summed E-state index contributed by atoms with van der Waals surface area (Å²) in [7, 11) is -3.42. The first-order chi connectivity index (χ1) is 14.8.